The molecule has 1 fully saturated rings. The summed E-state index contributed by atoms with van der Waals surface area (Å²) in [7, 11) is 0. The average molecular weight is 271 g/mol. The minimum absolute atomic E-state index is 0.211. The zero-order chi connectivity index (χ0) is 13.0. The van der Waals surface area contributed by atoms with E-state index in [1.807, 2.05) is 12.1 Å². The summed E-state index contributed by atoms with van der Waals surface area (Å²) in [6.07, 6.45) is 3.48. The number of hydrogen-bond donors (Lipinski definition) is 1. The highest BCUT2D eigenvalue weighted by Crippen LogP contribution is 2.23. The van der Waals surface area contributed by atoms with E-state index in [1.165, 1.54) is 12.8 Å². The molecule has 2 nitrogen and oxygen atoms in total. The Labute approximate surface area is 113 Å². The first-order chi connectivity index (χ1) is 8.70. The molecule has 0 aromatic heterocycles. The van der Waals surface area contributed by atoms with Crippen molar-refractivity contribution in [1.29, 1.82) is 0 Å². The molecule has 4 heteroatoms. The smallest absolute Gasteiger partial charge is 0.146 e. The summed E-state index contributed by atoms with van der Waals surface area (Å²) >= 11 is 5.80. The van der Waals surface area contributed by atoms with Gasteiger partial charge >= 0.3 is 0 Å². The van der Waals surface area contributed by atoms with E-state index in [0.29, 0.717) is 18.0 Å². The monoisotopic (exact) mass is 270 g/mol. The Morgan fingerprint density at radius 2 is 2.28 bits per heavy atom. The number of piperidine rings is 1. The van der Waals surface area contributed by atoms with E-state index in [9.17, 15) is 4.39 Å². The van der Waals surface area contributed by atoms with Crippen LogP contribution in [0.15, 0.2) is 18.2 Å². The molecule has 1 unspecified atom stereocenters. The van der Waals surface area contributed by atoms with Crippen LogP contribution in [0, 0.1) is 11.7 Å². The van der Waals surface area contributed by atoms with E-state index in [4.69, 9.17) is 17.3 Å². The minimum Gasteiger partial charge on any atom is -0.330 e. The quantitative estimate of drug-likeness (QED) is 0.911. The lowest BCUT2D eigenvalue weighted by Crippen LogP contribution is -2.35. The summed E-state index contributed by atoms with van der Waals surface area (Å²) in [4.78, 5) is 2.30. The molecule has 18 heavy (non-hydrogen) atoms. The Morgan fingerprint density at radius 1 is 1.44 bits per heavy atom. The Bertz CT molecular complexity index is 395. The van der Waals surface area contributed by atoms with Crippen molar-refractivity contribution in [3.05, 3.63) is 34.6 Å². The van der Waals surface area contributed by atoms with Crippen LogP contribution in [0.4, 0.5) is 4.39 Å². The third kappa shape index (κ3) is 3.44. The van der Waals surface area contributed by atoms with Gasteiger partial charge in [0, 0.05) is 18.7 Å². The van der Waals surface area contributed by atoms with Gasteiger partial charge < -0.3 is 5.73 Å². The molecule has 0 aliphatic carbocycles. The second-order valence-electron chi connectivity index (χ2n) is 5.03. The molecule has 0 bridgehead atoms. The summed E-state index contributed by atoms with van der Waals surface area (Å²) in [6, 6.07) is 5.21. The van der Waals surface area contributed by atoms with Crippen molar-refractivity contribution in [2.24, 2.45) is 11.7 Å². The topological polar surface area (TPSA) is 29.3 Å². The van der Waals surface area contributed by atoms with Gasteiger partial charge in [0.05, 0.1) is 5.02 Å². The number of rotatable bonds is 4. The summed E-state index contributed by atoms with van der Waals surface area (Å²) < 4.78 is 13.8. The van der Waals surface area contributed by atoms with Gasteiger partial charge in [-0.05, 0) is 44.3 Å². The van der Waals surface area contributed by atoms with E-state index in [-0.39, 0.29) is 10.8 Å². The highest BCUT2D eigenvalue weighted by atomic mass is 35.5. The molecule has 1 aromatic carbocycles. The van der Waals surface area contributed by atoms with Gasteiger partial charge in [-0.2, -0.15) is 0 Å². The van der Waals surface area contributed by atoms with E-state index < -0.39 is 0 Å². The van der Waals surface area contributed by atoms with Crippen molar-refractivity contribution in [2.75, 3.05) is 19.6 Å². The Hall–Kier alpha value is -0.640. The highest BCUT2D eigenvalue weighted by Gasteiger charge is 2.20. The number of hydrogen-bond acceptors (Lipinski definition) is 2. The molecule has 2 N–H and O–H groups in total. The fraction of sp³-hybridized carbons (Fsp3) is 0.571. The van der Waals surface area contributed by atoms with Gasteiger partial charge in [0.25, 0.3) is 0 Å². The number of halogens is 2. The van der Waals surface area contributed by atoms with Crippen molar-refractivity contribution < 1.29 is 4.39 Å². The molecule has 1 aromatic rings. The van der Waals surface area contributed by atoms with Crippen LogP contribution in [0.5, 0.6) is 0 Å². The van der Waals surface area contributed by atoms with Crippen LogP contribution in [-0.4, -0.2) is 24.5 Å². The van der Waals surface area contributed by atoms with Crippen molar-refractivity contribution in [1.82, 2.24) is 4.90 Å². The van der Waals surface area contributed by atoms with Gasteiger partial charge in [0.2, 0.25) is 0 Å². The van der Waals surface area contributed by atoms with E-state index in [0.717, 1.165) is 26.1 Å². The van der Waals surface area contributed by atoms with Gasteiger partial charge in [0.1, 0.15) is 5.82 Å². The first-order valence-electron chi connectivity index (χ1n) is 6.56. The Balaban J connectivity index is 1.98. The van der Waals surface area contributed by atoms with Crippen LogP contribution in [0.1, 0.15) is 24.8 Å². The van der Waals surface area contributed by atoms with E-state index in [2.05, 4.69) is 4.90 Å². The van der Waals surface area contributed by atoms with Crippen molar-refractivity contribution in [3.63, 3.8) is 0 Å². The summed E-state index contributed by atoms with van der Waals surface area (Å²) in [5.41, 5.74) is 6.30. The van der Waals surface area contributed by atoms with Crippen molar-refractivity contribution in [3.8, 4) is 0 Å². The molecule has 100 valence electrons. The molecule has 0 radical (unpaired) electrons. The Kier molecular flexibility index (Phi) is 4.98. The summed E-state index contributed by atoms with van der Waals surface area (Å²) in [6.45, 7) is 3.44. The Morgan fingerprint density at radius 3 is 3.06 bits per heavy atom. The standard InChI is InChI=1S/C14H20ClFN2/c15-13-5-1-4-12(14(13)16)10-18-8-2-3-11(9-18)6-7-17/h1,4-5,11H,2-3,6-10,17H2. The number of nitrogens with two attached hydrogens (primary N) is 1. The third-order valence-electron chi connectivity index (χ3n) is 3.60. The normalized spacial score (nSPS) is 21.2. The van der Waals surface area contributed by atoms with Gasteiger partial charge in [-0.3, -0.25) is 4.90 Å². The van der Waals surface area contributed by atoms with Crippen molar-refractivity contribution in [2.45, 2.75) is 25.8 Å². The molecule has 2 rings (SSSR count). The zero-order valence-corrected chi connectivity index (χ0v) is 11.3. The van der Waals surface area contributed by atoms with Crippen LogP contribution in [0.3, 0.4) is 0 Å². The lowest BCUT2D eigenvalue weighted by atomic mass is 9.94. The molecular weight excluding hydrogens is 251 g/mol. The molecule has 1 aliphatic rings. The second-order valence-corrected chi connectivity index (χ2v) is 5.44. The summed E-state index contributed by atoms with van der Waals surface area (Å²) in [5, 5.41) is 0.211. The largest absolute Gasteiger partial charge is 0.330 e. The summed E-state index contributed by atoms with van der Waals surface area (Å²) in [5.74, 6) is 0.381. The fourth-order valence-electron chi connectivity index (χ4n) is 2.68. The number of benzene rings is 1. The molecule has 1 heterocycles. The van der Waals surface area contributed by atoms with E-state index in [1.54, 1.807) is 6.07 Å². The van der Waals surface area contributed by atoms with Gasteiger partial charge in [0.15, 0.2) is 0 Å². The lowest BCUT2D eigenvalue weighted by Gasteiger charge is -2.32. The van der Waals surface area contributed by atoms with Gasteiger partial charge in [-0.1, -0.05) is 23.7 Å². The number of likely N-dealkylation sites (tertiary alicyclic amines) is 1. The highest BCUT2D eigenvalue weighted by molar-refractivity contribution is 6.30. The van der Waals surface area contributed by atoms with Crippen LogP contribution >= 0.6 is 11.6 Å². The minimum atomic E-state index is -0.278. The average Bonchev–Trinajstić information content (AvgIpc) is 2.36. The first kappa shape index (κ1) is 13.8. The van der Waals surface area contributed by atoms with Crippen LogP contribution in [0.2, 0.25) is 5.02 Å². The van der Waals surface area contributed by atoms with Gasteiger partial charge in [-0.25, -0.2) is 4.39 Å². The molecule has 0 saturated carbocycles. The van der Waals surface area contributed by atoms with Crippen LogP contribution in [0.25, 0.3) is 0 Å². The molecule has 0 amide bonds. The maximum absolute atomic E-state index is 13.8. The third-order valence-corrected chi connectivity index (χ3v) is 3.90. The van der Waals surface area contributed by atoms with Gasteiger partial charge in [-0.15, -0.1) is 0 Å². The predicted octanol–water partition coefficient (Wildman–Crippen LogP) is 3.04. The predicted molar refractivity (Wildman–Crippen MR) is 73.1 cm³/mol. The fourth-order valence-corrected chi connectivity index (χ4v) is 2.87. The molecule has 1 atom stereocenters. The van der Waals surface area contributed by atoms with E-state index >= 15 is 0 Å². The number of nitrogens with zero attached hydrogens (tertiary/aromatic N) is 1. The maximum Gasteiger partial charge on any atom is 0.146 e. The molecule has 1 saturated heterocycles. The molecule has 1 aliphatic heterocycles. The maximum atomic E-state index is 13.8. The van der Waals surface area contributed by atoms with Crippen LogP contribution in [-0.2, 0) is 6.54 Å². The molecule has 0 spiro atoms. The molecular formula is C14H20ClFN2. The second kappa shape index (κ2) is 6.50. The SMILES string of the molecule is NCCC1CCCN(Cc2cccc(Cl)c2F)C1. The van der Waals surface area contributed by atoms with Crippen molar-refractivity contribution >= 4 is 11.6 Å². The zero-order valence-electron chi connectivity index (χ0n) is 10.5. The first-order valence-corrected chi connectivity index (χ1v) is 6.94. The lowest BCUT2D eigenvalue weighted by molar-refractivity contribution is 0.161. The van der Waals surface area contributed by atoms with Crippen LogP contribution < -0.4 is 5.73 Å².